The van der Waals surface area contributed by atoms with Crippen LogP contribution in [0.2, 0.25) is 0 Å². The molecule has 1 heterocycles. The Bertz CT molecular complexity index is 360. The average Bonchev–Trinajstić information content (AvgIpc) is 3.00. The summed E-state index contributed by atoms with van der Waals surface area (Å²) < 4.78 is 0. The summed E-state index contributed by atoms with van der Waals surface area (Å²) in [5, 5.41) is 3.96. The van der Waals surface area contributed by atoms with Gasteiger partial charge in [-0.3, -0.25) is 4.90 Å². The average molecular weight is 276 g/mol. The van der Waals surface area contributed by atoms with Gasteiger partial charge in [0.25, 0.3) is 0 Å². The molecule has 2 heteroatoms. The van der Waals surface area contributed by atoms with E-state index in [0.29, 0.717) is 11.6 Å². The number of hydrogen-bond donors (Lipinski definition) is 1. The van der Waals surface area contributed by atoms with Crippen LogP contribution in [0, 0.1) is 17.8 Å². The fourth-order valence-electron chi connectivity index (χ4n) is 4.61. The Kier molecular flexibility index (Phi) is 3.98. The molecule has 3 rings (SSSR count). The zero-order chi connectivity index (χ0) is 14.3. The molecule has 0 aromatic heterocycles. The molecule has 1 N–H and O–H groups in total. The van der Waals surface area contributed by atoms with Crippen molar-refractivity contribution >= 4 is 0 Å². The van der Waals surface area contributed by atoms with Gasteiger partial charge in [-0.1, -0.05) is 12.2 Å². The normalized spacial score (nSPS) is 36.7. The Balaban J connectivity index is 1.47. The first-order valence-corrected chi connectivity index (χ1v) is 8.63. The Hall–Kier alpha value is -0.340. The van der Waals surface area contributed by atoms with E-state index in [2.05, 4.69) is 50.1 Å². The Morgan fingerprint density at radius 2 is 1.80 bits per heavy atom. The minimum absolute atomic E-state index is 0.339. The molecule has 20 heavy (non-hydrogen) atoms. The van der Waals surface area contributed by atoms with Crippen LogP contribution in [0.25, 0.3) is 0 Å². The van der Waals surface area contributed by atoms with Crippen molar-refractivity contribution < 1.29 is 0 Å². The first-order valence-electron chi connectivity index (χ1n) is 8.63. The van der Waals surface area contributed by atoms with Crippen LogP contribution in [0.4, 0.5) is 0 Å². The third-order valence-electron chi connectivity index (χ3n) is 5.91. The van der Waals surface area contributed by atoms with Gasteiger partial charge in [-0.2, -0.15) is 0 Å². The Labute approximate surface area is 125 Å². The molecule has 0 aromatic rings. The van der Waals surface area contributed by atoms with Gasteiger partial charge in [0.05, 0.1) is 0 Å². The molecule has 4 unspecified atom stereocenters. The quantitative estimate of drug-likeness (QED) is 0.794. The zero-order valence-electron chi connectivity index (χ0n) is 13.7. The molecule has 114 valence electrons. The van der Waals surface area contributed by atoms with Crippen LogP contribution in [-0.2, 0) is 0 Å². The fourth-order valence-corrected chi connectivity index (χ4v) is 4.61. The summed E-state index contributed by atoms with van der Waals surface area (Å²) in [7, 11) is 0. The van der Waals surface area contributed by atoms with E-state index in [1.807, 2.05) is 0 Å². The summed E-state index contributed by atoms with van der Waals surface area (Å²) in [6, 6.07) is 1.44. The summed E-state index contributed by atoms with van der Waals surface area (Å²) in [5.74, 6) is 2.67. The topological polar surface area (TPSA) is 15.3 Å². The lowest BCUT2D eigenvalue weighted by molar-refractivity contribution is 0.0913. The molecular formula is C18H32N2. The van der Waals surface area contributed by atoms with Gasteiger partial charge < -0.3 is 5.32 Å². The number of allylic oxidation sites excluding steroid dienone is 2. The molecule has 0 spiro atoms. The zero-order valence-corrected chi connectivity index (χ0v) is 13.7. The molecule has 2 fully saturated rings. The maximum atomic E-state index is 3.96. The van der Waals surface area contributed by atoms with Crippen LogP contribution in [-0.4, -0.2) is 35.6 Å². The molecule has 0 amide bonds. The van der Waals surface area contributed by atoms with Gasteiger partial charge in [0.1, 0.15) is 0 Å². The second-order valence-electron chi connectivity index (χ2n) is 8.33. The first kappa shape index (κ1) is 14.6. The Morgan fingerprint density at radius 1 is 1.10 bits per heavy atom. The van der Waals surface area contributed by atoms with E-state index >= 15 is 0 Å². The predicted octanol–water partition coefficient (Wildman–Crippen LogP) is 3.44. The summed E-state index contributed by atoms with van der Waals surface area (Å²) in [6.45, 7) is 11.9. The maximum absolute atomic E-state index is 3.96. The molecule has 3 aliphatic rings. The van der Waals surface area contributed by atoms with Crippen LogP contribution in [0.1, 0.15) is 53.4 Å². The predicted molar refractivity (Wildman–Crippen MR) is 85.8 cm³/mol. The second kappa shape index (κ2) is 5.46. The third-order valence-corrected chi connectivity index (χ3v) is 5.91. The smallest absolute Gasteiger partial charge is 0.0125 e. The van der Waals surface area contributed by atoms with E-state index in [9.17, 15) is 0 Å². The second-order valence-corrected chi connectivity index (χ2v) is 8.33. The highest BCUT2D eigenvalue weighted by molar-refractivity contribution is 5.11. The van der Waals surface area contributed by atoms with E-state index < -0.39 is 0 Å². The van der Waals surface area contributed by atoms with Gasteiger partial charge in [-0.25, -0.2) is 0 Å². The number of nitrogens with zero attached hydrogens (tertiary/aromatic N) is 1. The molecular weight excluding hydrogens is 244 g/mol. The van der Waals surface area contributed by atoms with Gasteiger partial charge in [0.2, 0.25) is 0 Å². The molecule has 2 nitrogen and oxygen atoms in total. The van der Waals surface area contributed by atoms with Crippen LogP contribution in [0.15, 0.2) is 12.2 Å². The molecule has 1 aliphatic heterocycles. The lowest BCUT2D eigenvalue weighted by atomic mass is 9.86. The number of nitrogens with one attached hydrogen (secondary N) is 1. The van der Waals surface area contributed by atoms with Crippen molar-refractivity contribution in [1.29, 1.82) is 0 Å². The lowest BCUT2D eigenvalue weighted by Crippen LogP contribution is -2.52. The van der Waals surface area contributed by atoms with Crippen molar-refractivity contribution in [2.75, 3.05) is 13.1 Å². The van der Waals surface area contributed by atoms with Crippen molar-refractivity contribution in [3.8, 4) is 0 Å². The molecule has 1 saturated carbocycles. The van der Waals surface area contributed by atoms with Crippen molar-refractivity contribution in [3.63, 3.8) is 0 Å². The van der Waals surface area contributed by atoms with E-state index in [4.69, 9.17) is 0 Å². The van der Waals surface area contributed by atoms with E-state index in [1.165, 1.54) is 38.8 Å². The molecule has 2 bridgehead atoms. The molecule has 0 radical (unpaired) electrons. The first-order chi connectivity index (χ1) is 9.43. The summed E-state index contributed by atoms with van der Waals surface area (Å²) in [5.41, 5.74) is 0.339. The largest absolute Gasteiger partial charge is 0.311 e. The van der Waals surface area contributed by atoms with Crippen LogP contribution in [0.3, 0.4) is 0 Å². The van der Waals surface area contributed by atoms with Gasteiger partial charge in [0, 0.05) is 30.7 Å². The SMILES string of the molecule is CC(NC1CCN(C(C)(C)C)CC1)C1CC2C=CC1C2. The van der Waals surface area contributed by atoms with Gasteiger partial charge >= 0.3 is 0 Å². The standard InChI is InChI=1S/C18H32N2/c1-13(17-12-14-5-6-15(17)11-14)19-16-7-9-20(10-8-16)18(2,3)4/h5-6,13-17,19H,7-12H2,1-4H3. The molecule has 1 saturated heterocycles. The highest BCUT2D eigenvalue weighted by Crippen LogP contribution is 2.45. The van der Waals surface area contributed by atoms with Gasteiger partial charge in [0.15, 0.2) is 0 Å². The van der Waals surface area contributed by atoms with Crippen LogP contribution < -0.4 is 5.32 Å². The number of rotatable bonds is 3. The van der Waals surface area contributed by atoms with Crippen LogP contribution >= 0.6 is 0 Å². The Morgan fingerprint density at radius 3 is 2.30 bits per heavy atom. The van der Waals surface area contributed by atoms with Crippen molar-refractivity contribution in [2.45, 2.75) is 71.0 Å². The number of fused-ring (bicyclic) bond motifs is 2. The highest BCUT2D eigenvalue weighted by Gasteiger charge is 2.39. The van der Waals surface area contributed by atoms with E-state index in [1.54, 1.807) is 0 Å². The monoisotopic (exact) mass is 276 g/mol. The summed E-state index contributed by atoms with van der Waals surface area (Å²) in [6.07, 6.45) is 10.4. The lowest BCUT2D eigenvalue weighted by Gasteiger charge is -2.42. The minimum atomic E-state index is 0.339. The van der Waals surface area contributed by atoms with Gasteiger partial charge in [-0.05, 0) is 71.1 Å². The van der Waals surface area contributed by atoms with Gasteiger partial charge in [-0.15, -0.1) is 0 Å². The van der Waals surface area contributed by atoms with Crippen LogP contribution in [0.5, 0.6) is 0 Å². The summed E-state index contributed by atoms with van der Waals surface area (Å²) >= 11 is 0. The van der Waals surface area contributed by atoms with Crippen molar-refractivity contribution in [3.05, 3.63) is 12.2 Å². The molecule has 2 aliphatic carbocycles. The minimum Gasteiger partial charge on any atom is -0.311 e. The van der Waals surface area contributed by atoms with Crippen molar-refractivity contribution in [2.24, 2.45) is 17.8 Å². The fraction of sp³-hybridized carbons (Fsp3) is 0.889. The maximum Gasteiger partial charge on any atom is 0.0125 e. The number of likely N-dealkylation sites (tertiary alicyclic amines) is 1. The molecule has 0 aromatic carbocycles. The van der Waals surface area contributed by atoms with Crippen molar-refractivity contribution in [1.82, 2.24) is 10.2 Å². The number of hydrogen-bond acceptors (Lipinski definition) is 2. The van der Waals surface area contributed by atoms with E-state index in [0.717, 1.165) is 23.8 Å². The highest BCUT2D eigenvalue weighted by atomic mass is 15.2. The third kappa shape index (κ3) is 2.96. The summed E-state index contributed by atoms with van der Waals surface area (Å²) in [4.78, 5) is 2.64. The van der Waals surface area contributed by atoms with E-state index in [-0.39, 0.29) is 0 Å². The number of piperidine rings is 1. The molecule has 4 atom stereocenters.